The number of hydrogen-bond donors (Lipinski definition) is 0. The van der Waals surface area contributed by atoms with Crippen LogP contribution in [0, 0.1) is 0 Å². The third kappa shape index (κ3) is 5.52. The number of amides is 1. The van der Waals surface area contributed by atoms with Crippen molar-refractivity contribution in [3.05, 3.63) is 143 Å². The lowest BCUT2D eigenvalue weighted by molar-refractivity contribution is 0.0912. The number of rotatable bonds is 6. The minimum Gasteiger partial charge on any atom is -0.445 e. The van der Waals surface area contributed by atoms with E-state index in [1.54, 1.807) is 0 Å². The molecule has 4 aromatic carbocycles. The number of benzene rings is 4. The van der Waals surface area contributed by atoms with Crippen LogP contribution in [0.3, 0.4) is 0 Å². The van der Waals surface area contributed by atoms with Gasteiger partial charge in [-0.05, 0) is 46.1 Å². The Labute approximate surface area is 227 Å². The van der Waals surface area contributed by atoms with Gasteiger partial charge in [-0.2, -0.15) is 0 Å². The number of nitrogens with zero attached hydrogens (tertiary/aromatic N) is 1. The van der Waals surface area contributed by atoms with Gasteiger partial charge in [-0.1, -0.05) is 136 Å². The maximum Gasteiger partial charge on any atom is 0.410 e. The Morgan fingerprint density at radius 2 is 1.29 bits per heavy atom. The second-order valence-corrected chi connectivity index (χ2v) is 11.5. The zero-order valence-electron chi connectivity index (χ0n) is 22.6. The molecule has 0 spiro atoms. The number of hydrogen-bond acceptors (Lipinski definition) is 2. The van der Waals surface area contributed by atoms with Gasteiger partial charge in [0.15, 0.2) is 0 Å². The van der Waals surface area contributed by atoms with E-state index in [0.717, 1.165) is 18.4 Å². The Balaban J connectivity index is 1.48. The highest BCUT2D eigenvalue weighted by atomic mass is 16.6. The molecule has 1 amide bonds. The molecule has 3 heteroatoms. The van der Waals surface area contributed by atoms with Crippen LogP contribution in [0.15, 0.2) is 115 Å². The summed E-state index contributed by atoms with van der Waals surface area (Å²) in [7, 11) is 0. The first kappa shape index (κ1) is 25.8. The second kappa shape index (κ2) is 10.9. The van der Waals surface area contributed by atoms with Crippen molar-refractivity contribution in [1.29, 1.82) is 0 Å². The summed E-state index contributed by atoms with van der Waals surface area (Å²) in [4.78, 5) is 15.6. The van der Waals surface area contributed by atoms with Gasteiger partial charge in [-0.25, -0.2) is 4.79 Å². The second-order valence-electron chi connectivity index (χ2n) is 11.5. The van der Waals surface area contributed by atoms with E-state index >= 15 is 0 Å². The Bertz CT molecular complexity index is 1290. The van der Waals surface area contributed by atoms with E-state index in [1.807, 2.05) is 35.2 Å². The Hall–Kier alpha value is -3.85. The summed E-state index contributed by atoms with van der Waals surface area (Å²) in [6.45, 7) is 7.55. The lowest BCUT2D eigenvalue weighted by atomic mass is 9.72. The molecule has 1 fully saturated rings. The molecule has 0 aromatic heterocycles. The van der Waals surface area contributed by atoms with E-state index in [9.17, 15) is 4.79 Å². The largest absolute Gasteiger partial charge is 0.445 e. The van der Waals surface area contributed by atoms with Gasteiger partial charge >= 0.3 is 6.09 Å². The predicted molar refractivity (Wildman–Crippen MR) is 154 cm³/mol. The van der Waals surface area contributed by atoms with Crippen molar-refractivity contribution in [2.75, 3.05) is 6.54 Å². The fourth-order valence-electron chi connectivity index (χ4n) is 5.71. The van der Waals surface area contributed by atoms with E-state index in [0.29, 0.717) is 6.54 Å². The summed E-state index contributed by atoms with van der Waals surface area (Å²) in [5.41, 5.74) is 5.82. The Kier molecular flexibility index (Phi) is 7.37. The van der Waals surface area contributed by atoms with Gasteiger partial charge in [0.2, 0.25) is 0 Å². The maximum absolute atomic E-state index is 13.7. The van der Waals surface area contributed by atoms with Gasteiger partial charge < -0.3 is 9.64 Å². The fourth-order valence-corrected chi connectivity index (χ4v) is 5.71. The minimum absolute atomic E-state index is 0.0131. The van der Waals surface area contributed by atoms with Gasteiger partial charge in [0, 0.05) is 18.0 Å². The fraction of sp³-hybridized carbons (Fsp3) is 0.286. The van der Waals surface area contributed by atoms with Gasteiger partial charge in [0.25, 0.3) is 0 Å². The van der Waals surface area contributed by atoms with Crippen LogP contribution in [0.5, 0.6) is 0 Å². The molecule has 0 radical (unpaired) electrons. The van der Waals surface area contributed by atoms with Gasteiger partial charge in [0.05, 0.1) is 0 Å². The zero-order chi connectivity index (χ0) is 26.6. The van der Waals surface area contributed by atoms with Crippen LogP contribution in [0.1, 0.15) is 55.0 Å². The molecule has 0 N–H and O–H groups in total. The molecule has 0 saturated carbocycles. The van der Waals surface area contributed by atoms with Crippen molar-refractivity contribution in [2.24, 2.45) is 0 Å². The summed E-state index contributed by atoms with van der Waals surface area (Å²) in [5.74, 6) is 0. The molecule has 3 nitrogen and oxygen atoms in total. The van der Waals surface area contributed by atoms with Crippen LogP contribution in [0.2, 0.25) is 0 Å². The summed E-state index contributed by atoms with van der Waals surface area (Å²) in [6.07, 6.45) is 1.37. The average molecular weight is 504 g/mol. The molecule has 1 unspecified atom stereocenters. The number of ether oxygens (including phenoxy) is 1. The predicted octanol–water partition coefficient (Wildman–Crippen LogP) is 7.92. The molecule has 5 rings (SSSR count). The number of likely N-dealkylation sites (tertiary alicyclic amines) is 1. The van der Waals surface area contributed by atoms with Gasteiger partial charge in [-0.3, -0.25) is 0 Å². The van der Waals surface area contributed by atoms with Crippen LogP contribution < -0.4 is 0 Å². The van der Waals surface area contributed by atoms with Crippen LogP contribution in [-0.4, -0.2) is 23.6 Å². The molecular formula is C35H37NO2. The topological polar surface area (TPSA) is 29.5 Å². The molecule has 1 aliphatic heterocycles. The summed E-state index contributed by atoms with van der Waals surface area (Å²) in [5, 5.41) is 0. The highest BCUT2D eigenvalue weighted by Crippen LogP contribution is 2.44. The van der Waals surface area contributed by atoms with Crippen molar-refractivity contribution >= 4 is 6.09 Å². The maximum atomic E-state index is 13.7. The molecular weight excluding hydrogens is 466 g/mol. The average Bonchev–Trinajstić information content (AvgIpc) is 3.33. The van der Waals surface area contributed by atoms with Crippen LogP contribution in [0.25, 0.3) is 0 Å². The van der Waals surface area contributed by atoms with Crippen LogP contribution >= 0.6 is 0 Å². The number of carbonyl (C=O) groups is 1. The van der Waals surface area contributed by atoms with Crippen molar-refractivity contribution in [3.8, 4) is 0 Å². The Morgan fingerprint density at radius 3 is 1.82 bits per heavy atom. The van der Waals surface area contributed by atoms with Crippen molar-refractivity contribution < 1.29 is 9.53 Å². The highest BCUT2D eigenvalue weighted by molar-refractivity contribution is 5.70. The van der Waals surface area contributed by atoms with Crippen molar-refractivity contribution in [2.45, 2.75) is 57.1 Å². The minimum atomic E-state index is -0.301. The lowest BCUT2D eigenvalue weighted by Gasteiger charge is -2.30. The third-order valence-electron chi connectivity index (χ3n) is 7.85. The quantitative estimate of drug-likeness (QED) is 0.267. The normalized spacial score (nSPS) is 16.8. The van der Waals surface area contributed by atoms with Crippen LogP contribution in [-0.2, 0) is 28.6 Å². The third-order valence-corrected chi connectivity index (χ3v) is 7.85. The first-order valence-electron chi connectivity index (χ1n) is 13.5. The first-order valence-corrected chi connectivity index (χ1v) is 13.5. The van der Waals surface area contributed by atoms with E-state index in [4.69, 9.17) is 4.74 Å². The molecule has 4 aromatic rings. The highest BCUT2D eigenvalue weighted by Gasteiger charge is 2.48. The smallest absolute Gasteiger partial charge is 0.410 e. The monoisotopic (exact) mass is 503 g/mol. The molecule has 194 valence electrons. The van der Waals surface area contributed by atoms with E-state index < -0.39 is 0 Å². The van der Waals surface area contributed by atoms with Gasteiger partial charge in [0.1, 0.15) is 6.61 Å². The molecule has 1 saturated heterocycles. The van der Waals surface area contributed by atoms with Crippen molar-refractivity contribution in [1.82, 2.24) is 4.90 Å². The molecule has 1 heterocycles. The van der Waals surface area contributed by atoms with E-state index in [2.05, 4.69) is 106 Å². The Morgan fingerprint density at radius 1 is 0.763 bits per heavy atom. The lowest BCUT2D eigenvalue weighted by Crippen LogP contribution is -2.39. The van der Waals surface area contributed by atoms with E-state index in [1.165, 1.54) is 22.3 Å². The SMILES string of the molecule is CC(C)(C)c1ccc(CC2CC(c3ccccc3)(c3ccccc3)CN2C(=O)OCc2ccccc2)cc1. The van der Waals surface area contributed by atoms with E-state index in [-0.39, 0.29) is 29.6 Å². The zero-order valence-corrected chi connectivity index (χ0v) is 22.6. The molecule has 0 aliphatic carbocycles. The molecule has 38 heavy (non-hydrogen) atoms. The number of carbonyl (C=O) groups excluding carboxylic acids is 1. The van der Waals surface area contributed by atoms with Crippen LogP contribution in [0.4, 0.5) is 4.79 Å². The standard InChI is InChI=1S/C35H37NO2/c1-34(2,3)29-21-19-27(20-22-29)23-32-24-35(30-15-9-5-10-16-30,31-17-11-6-12-18-31)26-36(32)33(37)38-25-28-13-7-4-8-14-28/h4-22,32H,23-26H2,1-3H3. The molecule has 0 bridgehead atoms. The first-order chi connectivity index (χ1) is 18.3. The molecule has 1 aliphatic rings. The van der Waals surface area contributed by atoms with Gasteiger partial charge in [-0.15, -0.1) is 0 Å². The summed E-state index contributed by atoms with van der Waals surface area (Å²) in [6, 6.07) is 40.1. The molecule has 1 atom stereocenters. The summed E-state index contributed by atoms with van der Waals surface area (Å²) < 4.78 is 5.90. The summed E-state index contributed by atoms with van der Waals surface area (Å²) >= 11 is 0. The van der Waals surface area contributed by atoms with Crippen molar-refractivity contribution in [3.63, 3.8) is 0 Å².